The van der Waals surface area contributed by atoms with E-state index in [1.54, 1.807) is 0 Å². The van der Waals surface area contributed by atoms with Gasteiger partial charge in [0.2, 0.25) is 0 Å². The summed E-state index contributed by atoms with van der Waals surface area (Å²) in [6.07, 6.45) is 0. The number of hydrogen-bond donors (Lipinski definition) is 0. The maximum atomic E-state index is 6.61. The van der Waals surface area contributed by atoms with E-state index in [2.05, 4.69) is 121 Å². The van der Waals surface area contributed by atoms with E-state index in [4.69, 9.17) is 19.1 Å². The first kappa shape index (κ1) is 23.2. The van der Waals surface area contributed by atoms with Crippen molar-refractivity contribution >= 4 is 56.1 Å². The standard InChI is InChI=1S/C26H23P2.2ClH.Pd/c1-22(27(23-14-6-2-7-15-23)24-16-8-3-9-17-24)28(25-18-10-4-11-19-25)26-20-12-5-13-21-26;;;/h2-22H,1H2;2*1H;/q;;;+2/p-2. The van der Waals surface area contributed by atoms with Crippen LogP contribution >= 0.6 is 34.9 Å². The third kappa shape index (κ3) is 6.07. The first-order valence-electron chi connectivity index (χ1n) is 9.92. The molecule has 0 saturated carbocycles. The van der Waals surface area contributed by atoms with E-state index in [9.17, 15) is 0 Å². The van der Waals surface area contributed by atoms with Gasteiger partial charge in [0.15, 0.2) is 0 Å². The fourth-order valence-electron chi connectivity index (χ4n) is 3.66. The van der Waals surface area contributed by atoms with Crippen molar-refractivity contribution < 1.29 is 14.7 Å². The van der Waals surface area contributed by atoms with Gasteiger partial charge in [0.1, 0.15) is 0 Å². The Morgan fingerprint density at radius 3 is 0.968 bits per heavy atom. The van der Waals surface area contributed by atoms with Gasteiger partial charge in [-0.15, -0.1) is 0 Å². The van der Waals surface area contributed by atoms with Crippen LogP contribution < -0.4 is 21.2 Å². The zero-order valence-electron chi connectivity index (χ0n) is 16.8. The van der Waals surface area contributed by atoms with E-state index in [0.29, 0.717) is 5.40 Å². The molecule has 31 heavy (non-hydrogen) atoms. The van der Waals surface area contributed by atoms with Crippen LogP contribution in [0.15, 0.2) is 121 Å². The van der Waals surface area contributed by atoms with Crippen molar-refractivity contribution in [2.45, 2.75) is 10.3 Å². The summed E-state index contributed by atoms with van der Waals surface area (Å²) in [5.41, 5.74) is 0. The Balaban J connectivity index is 1.92. The zero-order valence-corrected chi connectivity index (χ0v) is 21.7. The Morgan fingerprint density at radius 2 is 0.742 bits per heavy atom. The first-order chi connectivity index (χ1) is 15.2. The first-order valence-corrected chi connectivity index (χ1v) is 17.8. The summed E-state index contributed by atoms with van der Waals surface area (Å²) in [4.78, 5) is 0.861. The van der Waals surface area contributed by atoms with Crippen molar-refractivity contribution in [1.82, 2.24) is 0 Å². The minimum absolute atomic E-state index is 0.357. The van der Waals surface area contributed by atoms with Crippen LogP contribution in [-0.2, 0) is 14.7 Å². The van der Waals surface area contributed by atoms with Crippen LogP contribution in [0.25, 0.3) is 0 Å². The molecular weight excluding hydrogens is 552 g/mol. The molecule has 0 amide bonds. The monoisotopic (exact) mass is 573 g/mol. The third-order valence-electron chi connectivity index (χ3n) is 4.95. The molecule has 0 fully saturated rings. The van der Waals surface area contributed by atoms with Crippen molar-refractivity contribution in [3.8, 4) is 0 Å². The van der Waals surface area contributed by atoms with E-state index in [1.807, 2.05) is 0 Å². The molecule has 0 aromatic heterocycles. The van der Waals surface area contributed by atoms with Gasteiger partial charge in [-0.05, 0) is 0 Å². The molecule has 0 unspecified atom stereocenters. The molecule has 0 nitrogen and oxygen atoms in total. The SMILES string of the molecule is [Cl][Pd]([Cl])[CH2]C(P(c1ccccc1)c1ccccc1)P(c1ccccc1)c1ccccc1. The Labute approximate surface area is 201 Å². The minimum atomic E-state index is -1.63. The van der Waals surface area contributed by atoms with Crippen molar-refractivity contribution in [1.29, 1.82) is 0 Å². The quantitative estimate of drug-likeness (QED) is 0.158. The summed E-state index contributed by atoms with van der Waals surface area (Å²) in [7, 11) is 11.9. The molecular formula is C26H23Cl2P2Pd. The molecule has 0 aliphatic heterocycles. The Hall–Kier alpha value is -1.02. The van der Waals surface area contributed by atoms with E-state index in [1.165, 1.54) is 21.2 Å². The Morgan fingerprint density at radius 1 is 0.484 bits per heavy atom. The van der Waals surface area contributed by atoms with E-state index in [-0.39, 0.29) is 0 Å². The summed E-state index contributed by atoms with van der Waals surface area (Å²) < 4.78 is 0. The predicted octanol–water partition coefficient (Wildman–Crippen LogP) is 6.92. The van der Waals surface area contributed by atoms with Crippen LogP contribution in [0.4, 0.5) is 0 Å². The van der Waals surface area contributed by atoms with Gasteiger partial charge in [-0.1, -0.05) is 0 Å². The topological polar surface area (TPSA) is 0 Å². The van der Waals surface area contributed by atoms with Gasteiger partial charge < -0.3 is 0 Å². The van der Waals surface area contributed by atoms with Gasteiger partial charge in [-0.2, -0.15) is 0 Å². The molecule has 0 bridgehead atoms. The van der Waals surface area contributed by atoms with Gasteiger partial charge in [0.05, 0.1) is 0 Å². The fourth-order valence-corrected chi connectivity index (χ4v) is 16.6. The van der Waals surface area contributed by atoms with Gasteiger partial charge >= 0.3 is 202 Å². The number of benzene rings is 4. The fraction of sp³-hybridized carbons (Fsp3) is 0.0769. The predicted molar refractivity (Wildman–Crippen MR) is 138 cm³/mol. The summed E-state index contributed by atoms with van der Waals surface area (Å²) in [6, 6.07) is 43.7. The molecule has 0 aliphatic rings. The number of rotatable bonds is 8. The van der Waals surface area contributed by atoms with E-state index >= 15 is 0 Å². The summed E-state index contributed by atoms with van der Waals surface area (Å²) >= 11 is -1.63. The van der Waals surface area contributed by atoms with Gasteiger partial charge in [-0.25, -0.2) is 0 Å². The van der Waals surface area contributed by atoms with Crippen LogP contribution in [-0.4, -0.2) is 5.40 Å². The number of halogens is 2. The Kier molecular flexibility index (Phi) is 8.76. The molecule has 0 heterocycles. The van der Waals surface area contributed by atoms with Crippen LogP contribution in [0.2, 0.25) is 4.89 Å². The molecule has 5 heteroatoms. The normalized spacial score (nSPS) is 11.8. The van der Waals surface area contributed by atoms with Crippen LogP contribution in [0, 0.1) is 0 Å². The second kappa shape index (κ2) is 11.7. The van der Waals surface area contributed by atoms with Crippen molar-refractivity contribution in [3.63, 3.8) is 0 Å². The molecule has 0 atom stereocenters. The molecule has 4 aromatic rings. The van der Waals surface area contributed by atoms with E-state index < -0.39 is 30.6 Å². The molecule has 4 aromatic carbocycles. The van der Waals surface area contributed by atoms with Crippen LogP contribution in [0.5, 0.6) is 0 Å². The van der Waals surface area contributed by atoms with E-state index in [0.717, 1.165) is 4.89 Å². The van der Waals surface area contributed by atoms with Gasteiger partial charge in [0.25, 0.3) is 0 Å². The molecule has 0 spiro atoms. The summed E-state index contributed by atoms with van der Waals surface area (Å²) in [5.74, 6) is 0. The molecule has 0 N–H and O–H groups in total. The summed E-state index contributed by atoms with van der Waals surface area (Å²) in [6.45, 7) is 0. The molecule has 0 aliphatic carbocycles. The van der Waals surface area contributed by atoms with Crippen LogP contribution in [0.1, 0.15) is 0 Å². The maximum absolute atomic E-state index is 6.61. The number of hydrogen-bond acceptors (Lipinski definition) is 0. The van der Waals surface area contributed by atoms with Crippen LogP contribution in [0.3, 0.4) is 0 Å². The average molecular weight is 575 g/mol. The van der Waals surface area contributed by atoms with Gasteiger partial charge in [0, 0.05) is 0 Å². The van der Waals surface area contributed by atoms with Gasteiger partial charge in [-0.3, -0.25) is 0 Å². The molecule has 4 rings (SSSR count). The Bertz CT molecular complexity index is 886. The average Bonchev–Trinajstić information content (AvgIpc) is 2.82. The van der Waals surface area contributed by atoms with Crippen molar-refractivity contribution in [2.75, 3.05) is 0 Å². The molecule has 0 radical (unpaired) electrons. The molecule has 161 valence electrons. The molecule has 0 saturated heterocycles. The summed E-state index contributed by atoms with van der Waals surface area (Å²) in [5, 5.41) is 5.88. The third-order valence-corrected chi connectivity index (χ3v) is 14.5. The van der Waals surface area contributed by atoms with Crippen molar-refractivity contribution in [2.24, 2.45) is 0 Å². The van der Waals surface area contributed by atoms with Crippen molar-refractivity contribution in [3.05, 3.63) is 121 Å². The zero-order chi connectivity index (χ0) is 21.5. The second-order valence-corrected chi connectivity index (χ2v) is 17.9. The second-order valence-electron chi connectivity index (χ2n) is 6.91.